The van der Waals surface area contributed by atoms with Crippen LogP contribution in [0.4, 0.5) is 5.69 Å². The minimum Gasteiger partial charge on any atom is -0.420 e. The fourth-order valence-electron chi connectivity index (χ4n) is 4.86. The van der Waals surface area contributed by atoms with Gasteiger partial charge in [-0.15, -0.1) is 0 Å². The second kappa shape index (κ2) is 12.1. The fourth-order valence-corrected chi connectivity index (χ4v) is 4.86. The van der Waals surface area contributed by atoms with Crippen LogP contribution in [-0.4, -0.2) is 42.0 Å². The summed E-state index contributed by atoms with van der Waals surface area (Å²) in [6.07, 6.45) is 11.8. The molecule has 1 saturated carbocycles. The number of rotatable bonds is 10. The summed E-state index contributed by atoms with van der Waals surface area (Å²) >= 11 is 0. The molecule has 0 radical (unpaired) electrons. The quantitative estimate of drug-likeness (QED) is 0.397. The van der Waals surface area contributed by atoms with Crippen LogP contribution < -0.4 is 4.90 Å². The van der Waals surface area contributed by atoms with Crippen LogP contribution in [0.25, 0.3) is 6.08 Å². The molecule has 0 aromatic heterocycles. The standard InChI is InChI=1S/C27H41N3O2/c1-5-12-24(13-6-2)30-26(31)25(32-27(30)28-22-14-10-9-11-15-22)20-21-16-18-23(19-17-21)29(7-3)8-4/h16-20,22,24H,5-15H2,1-4H3/b25-20+,28-27+. The van der Waals surface area contributed by atoms with Gasteiger partial charge in [0, 0.05) is 24.8 Å². The summed E-state index contributed by atoms with van der Waals surface area (Å²) in [4.78, 5) is 22.6. The zero-order chi connectivity index (χ0) is 22.9. The lowest BCUT2D eigenvalue weighted by molar-refractivity contribution is -0.124. The first-order valence-corrected chi connectivity index (χ1v) is 12.8. The Labute approximate surface area is 194 Å². The van der Waals surface area contributed by atoms with E-state index in [4.69, 9.17) is 9.73 Å². The molecular formula is C27H41N3O2. The molecule has 32 heavy (non-hydrogen) atoms. The Balaban J connectivity index is 1.88. The number of anilines is 1. The van der Waals surface area contributed by atoms with E-state index in [0.29, 0.717) is 11.8 Å². The van der Waals surface area contributed by atoms with Crippen LogP contribution in [-0.2, 0) is 9.53 Å². The van der Waals surface area contributed by atoms with Crippen molar-refractivity contribution in [3.8, 4) is 0 Å². The van der Waals surface area contributed by atoms with Gasteiger partial charge in [0.15, 0.2) is 5.76 Å². The third-order valence-electron chi connectivity index (χ3n) is 6.63. The van der Waals surface area contributed by atoms with Crippen LogP contribution in [0.5, 0.6) is 0 Å². The predicted molar refractivity (Wildman–Crippen MR) is 134 cm³/mol. The minimum atomic E-state index is -0.0423. The average Bonchev–Trinajstić information content (AvgIpc) is 3.10. The number of ether oxygens (including phenoxy) is 1. The van der Waals surface area contributed by atoms with Crippen molar-refractivity contribution >= 4 is 23.7 Å². The van der Waals surface area contributed by atoms with E-state index < -0.39 is 0 Å². The molecule has 5 heteroatoms. The monoisotopic (exact) mass is 439 g/mol. The first-order valence-electron chi connectivity index (χ1n) is 12.8. The fraction of sp³-hybridized carbons (Fsp3) is 0.630. The van der Waals surface area contributed by atoms with Crippen molar-refractivity contribution in [3.05, 3.63) is 35.6 Å². The molecule has 0 spiro atoms. The highest BCUT2D eigenvalue weighted by atomic mass is 16.5. The van der Waals surface area contributed by atoms with Crippen LogP contribution in [0, 0.1) is 0 Å². The molecule has 1 aliphatic carbocycles. The van der Waals surface area contributed by atoms with Gasteiger partial charge in [0.2, 0.25) is 0 Å². The Kier molecular flexibility index (Phi) is 9.19. The minimum absolute atomic E-state index is 0.0423. The Hall–Kier alpha value is -2.30. The Morgan fingerprint density at radius 2 is 1.66 bits per heavy atom. The van der Waals surface area contributed by atoms with Crippen molar-refractivity contribution in [3.63, 3.8) is 0 Å². The number of hydrogen-bond donors (Lipinski definition) is 0. The molecule has 0 unspecified atom stereocenters. The number of hydrogen-bond acceptors (Lipinski definition) is 4. The number of carbonyl (C=O) groups excluding carboxylic acids is 1. The molecule has 5 nitrogen and oxygen atoms in total. The topological polar surface area (TPSA) is 45.1 Å². The Bertz CT molecular complexity index is 784. The third kappa shape index (κ3) is 5.93. The van der Waals surface area contributed by atoms with Gasteiger partial charge in [0.25, 0.3) is 5.91 Å². The highest BCUT2D eigenvalue weighted by Crippen LogP contribution is 2.29. The number of aliphatic imine (C=N–C) groups is 1. The van der Waals surface area contributed by atoms with Gasteiger partial charge in [0.1, 0.15) is 0 Å². The lowest BCUT2D eigenvalue weighted by Crippen LogP contribution is -2.40. The van der Waals surface area contributed by atoms with Gasteiger partial charge in [-0.2, -0.15) is 0 Å². The van der Waals surface area contributed by atoms with Crippen LogP contribution in [0.2, 0.25) is 0 Å². The molecule has 0 atom stereocenters. The number of benzene rings is 1. The maximum Gasteiger partial charge on any atom is 0.300 e. The Morgan fingerprint density at radius 3 is 2.22 bits per heavy atom. The van der Waals surface area contributed by atoms with Crippen LogP contribution in [0.1, 0.15) is 91.0 Å². The van der Waals surface area contributed by atoms with Crippen molar-refractivity contribution < 1.29 is 9.53 Å². The second-order valence-electron chi connectivity index (χ2n) is 8.98. The zero-order valence-corrected chi connectivity index (χ0v) is 20.5. The molecule has 1 aliphatic heterocycles. The van der Waals surface area contributed by atoms with Gasteiger partial charge in [0.05, 0.1) is 6.04 Å². The van der Waals surface area contributed by atoms with E-state index in [-0.39, 0.29) is 18.0 Å². The molecule has 3 rings (SSSR count). The average molecular weight is 440 g/mol. The molecule has 1 heterocycles. The van der Waals surface area contributed by atoms with Gasteiger partial charge in [-0.05, 0) is 63.3 Å². The molecule has 0 N–H and O–H groups in total. The van der Waals surface area contributed by atoms with E-state index in [0.717, 1.165) is 57.2 Å². The normalized spacial score (nSPS) is 19.9. The molecule has 2 fully saturated rings. The van der Waals surface area contributed by atoms with Crippen LogP contribution in [0.15, 0.2) is 35.0 Å². The molecule has 1 amide bonds. The summed E-state index contributed by atoms with van der Waals surface area (Å²) in [5.74, 6) is 0.353. The summed E-state index contributed by atoms with van der Waals surface area (Å²) in [5.41, 5.74) is 2.17. The molecule has 176 valence electrons. The lowest BCUT2D eigenvalue weighted by Gasteiger charge is -2.26. The lowest BCUT2D eigenvalue weighted by atomic mass is 9.96. The summed E-state index contributed by atoms with van der Waals surface area (Å²) < 4.78 is 6.16. The van der Waals surface area contributed by atoms with Crippen molar-refractivity contribution in [1.82, 2.24) is 4.90 Å². The van der Waals surface area contributed by atoms with E-state index in [1.165, 1.54) is 24.9 Å². The van der Waals surface area contributed by atoms with Crippen LogP contribution >= 0.6 is 0 Å². The second-order valence-corrected chi connectivity index (χ2v) is 8.98. The SMILES string of the molecule is CCCC(CCC)N1C(=O)/C(=C\c2ccc(N(CC)CC)cc2)O/C1=N/C1CCCCC1. The highest BCUT2D eigenvalue weighted by Gasteiger charge is 2.39. The molecule has 0 bridgehead atoms. The molecule has 1 saturated heterocycles. The molecule has 1 aromatic rings. The zero-order valence-electron chi connectivity index (χ0n) is 20.5. The highest BCUT2D eigenvalue weighted by molar-refractivity contribution is 6.11. The van der Waals surface area contributed by atoms with Gasteiger partial charge in [-0.1, -0.05) is 58.1 Å². The molecular weight excluding hydrogens is 398 g/mol. The van der Waals surface area contributed by atoms with E-state index >= 15 is 0 Å². The van der Waals surface area contributed by atoms with E-state index in [9.17, 15) is 4.79 Å². The van der Waals surface area contributed by atoms with Crippen molar-refractivity contribution in [2.75, 3.05) is 18.0 Å². The van der Waals surface area contributed by atoms with Gasteiger partial charge in [-0.3, -0.25) is 9.69 Å². The molecule has 2 aliphatic rings. The molecule has 1 aromatic carbocycles. The predicted octanol–water partition coefficient (Wildman–Crippen LogP) is 6.39. The number of carbonyl (C=O) groups is 1. The van der Waals surface area contributed by atoms with Crippen molar-refractivity contribution in [2.24, 2.45) is 4.99 Å². The maximum absolute atomic E-state index is 13.5. The maximum atomic E-state index is 13.5. The largest absolute Gasteiger partial charge is 0.420 e. The van der Waals surface area contributed by atoms with Gasteiger partial charge < -0.3 is 9.64 Å². The van der Waals surface area contributed by atoms with E-state index in [1.54, 1.807) is 0 Å². The first kappa shape index (κ1) is 24.3. The number of amides is 1. The summed E-state index contributed by atoms with van der Waals surface area (Å²) in [6.45, 7) is 10.6. The summed E-state index contributed by atoms with van der Waals surface area (Å²) in [5, 5.41) is 0. The summed E-state index contributed by atoms with van der Waals surface area (Å²) in [7, 11) is 0. The van der Waals surface area contributed by atoms with Crippen LogP contribution in [0.3, 0.4) is 0 Å². The number of nitrogens with zero attached hydrogens (tertiary/aromatic N) is 3. The van der Waals surface area contributed by atoms with Gasteiger partial charge in [-0.25, -0.2) is 4.99 Å². The van der Waals surface area contributed by atoms with E-state index in [1.807, 2.05) is 11.0 Å². The third-order valence-corrected chi connectivity index (χ3v) is 6.63. The van der Waals surface area contributed by atoms with Crippen molar-refractivity contribution in [2.45, 2.75) is 97.6 Å². The Morgan fingerprint density at radius 1 is 1.03 bits per heavy atom. The smallest absolute Gasteiger partial charge is 0.300 e. The van der Waals surface area contributed by atoms with Gasteiger partial charge >= 0.3 is 6.02 Å². The first-order chi connectivity index (χ1) is 15.6. The number of amidine groups is 1. The van der Waals surface area contributed by atoms with Crippen molar-refractivity contribution in [1.29, 1.82) is 0 Å². The summed E-state index contributed by atoms with van der Waals surface area (Å²) in [6, 6.07) is 9.30. The van der Waals surface area contributed by atoms with E-state index in [2.05, 4.69) is 56.9 Å².